The number of aliphatic hydroxyl groups is 1. The van der Waals surface area contributed by atoms with Gasteiger partial charge in [0.1, 0.15) is 0 Å². The normalized spacial score (nSPS) is 13.1. The third kappa shape index (κ3) is 6.02. The number of amides is 2. The molecule has 0 radical (unpaired) electrons. The second-order valence-electron chi connectivity index (χ2n) is 5.33. The molecule has 0 spiro atoms. The van der Waals surface area contributed by atoms with E-state index >= 15 is 0 Å². The molecule has 0 saturated carbocycles. The molecule has 0 aromatic carbocycles. The standard InChI is InChI=1S/C13H22N2O2S/c1-10(16)7-13(2,3)9-15-12(17)14-8-11-5-4-6-18-11/h4-6,10,16H,7-9H2,1-3H3,(H2,14,15,17). The quantitative estimate of drug-likeness (QED) is 0.743. The van der Waals surface area contributed by atoms with Gasteiger partial charge in [0.25, 0.3) is 0 Å². The van der Waals surface area contributed by atoms with Crippen molar-refractivity contribution in [2.24, 2.45) is 5.41 Å². The van der Waals surface area contributed by atoms with E-state index in [0.717, 1.165) is 4.88 Å². The van der Waals surface area contributed by atoms with Crippen LogP contribution in [0.2, 0.25) is 0 Å². The zero-order valence-corrected chi connectivity index (χ0v) is 12.0. The van der Waals surface area contributed by atoms with Gasteiger partial charge in [0.2, 0.25) is 0 Å². The zero-order chi connectivity index (χ0) is 13.6. The minimum Gasteiger partial charge on any atom is -0.393 e. The van der Waals surface area contributed by atoms with Crippen LogP contribution in [0.5, 0.6) is 0 Å². The van der Waals surface area contributed by atoms with Gasteiger partial charge in [-0.25, -0.2) is 4.79 Å². The number of aliphatic hydroxyl groups excluding tert-OH is 1. The number of nitrogens with one attached hydrogen (secondary N) is 2. The Labute approximate surface area is 112 Å². The monoisotopic (exact) mass is 270 g/mol. The van der Waals surface area contributed by atoms with Crippen LogP contribution in [-0.2, 0) is 6.54 Å². The molecular weight excluding hydrogens is 248 g/mol. The lowest BCUT2D eigenvalue weighted by Crippen LogP contribution is -2.41. The molecule has 1 aromatic rings. The summed E-state index contributed by atoms with van der Waals surface area (Å²) in [6, 6.07) is 3.79. The van der Waals surface area contributed by atoms with Gasteiger partial charge in [-0.15, -0.1) is 11.3 Å². The number of carbonyl (C=O) groups is 1. The predicted molar refractivity (Wildman–Crippen MR) is 74.6 cm³/mol. The van der Waals surface area contributed by atoms with E-state index in [2.05, 4.69) is 10.6 Å². The van der Waals surface area contributed by atoms with Crippen LogP contribution in [-0.4, -0.2) is 23.8 Å². The molecule has 1 unspecified atom stereocenters. The summed E-state index contributed by atoms with van der Waals surface area (Å²) < 4.78 is 0. The second kappa shape index (κ2) is 6.75. The summed E-state index contributed by atoms with van der Waals surface area (Å²) in [5, 5.41) is 17.0. The van der Waals surface area contributed by atoms with Crippen molar-refractivity contribution in [3.8, 4) is 0 Å². The molecule has 0 saturated heterocycles. The number of hydrogen-bond donors (Lipinski definition) is 3. The molecule has 3 N–H and O–H groups in total. The number of hydrogen-bond acceptors (Lipinski definition) is 3. The predicted octanol–water partition coefficient (Wildman–Crippen LogP) is 2.34. The second-order valence-corrected chi connectivity index (χ2v) is 6.37. The molecule has 4 nitrogen and oxygen atoms in total. The molecule has 2 amide bonds. The summed E-state index contributed by atoms with van der Waals surface area (Å²) in [7, 11) is 0. The highest BCUT2D eigenvalue weighted by Crippen LogP contribution is 2.20. The van der Waals surface area contributed by atoms with Crippen molar-refractivity contribution in [1.29, 1.82) is 0 Å². The molecule has 0 aliphatic heterocycles. The Balaban J connectivity index is 2.24. The van der Waals surface area contributed by atoms with Crippen molar-refractivity contribution in [3.63, 3.8) is 0 Å². The third-order valence-corrected chi connectivity index (χ3v) is 3.46. The van der Waals surface area contributed by atoms with Crippen LogP contribution in [0.25, 0.3) is 0 Å². The average molecular weight is 270 g/mol. The lowest BCUT2D eigenvalue weighted by atomic mass is 9.87. The summed E-state index contributed by atoms with van der Waals surface area (Å²) in [5.74, 6) is 0. The fourth-order valence-electron chi connectivity index (χ4n) is 1.83. The molecule has 102 valence electrons. The highest BCUT2D eigenvalue weighted by Gasteiger charge is 2.20. The van der Waals surface area contributed by atoms with E-state index in [4.69, 9.17) is 0 Å². The van der Waals surface area contributed by atoms with Crippen molar-refractivity contribution >= 4 is 17.4 Å². The van der Waals surface area contributed by atoms with E-state index in [1.165, 1.54) is 0 Å². The SMILES string of the molecule is CC(O)CC(C)(C)CNC(=O)NCc1cccs1. The highest BCUT2D eigenvalue weighted by atomic mass is 32.1. The smallest absolute Gasteiger partial charge is 0.315 e. The van der Waals surface area contributed by atoms with Crippen molar-refractivity contribution in [3.05, 3.63) is 22.4 Å². The molecule has 1 atom stereocenters. The Kier molecular flexibility index (Phi) is 5.62. The third-order valence-electron chi connectivity index (χ3n) is 2.58. The van der Waals surface area contributed by atoms with Gasteiger partial charge >= 0.3 is 6.03 Å². The fourth-order valence-corrected chi connectivity index (χ4v) is 2.48. The maximum absolute atomic E-state index is 11.6. The minimum atomic E-state index is -0.351. The Morgan fingerprint density at radius 1 is 1.50 bits per heavy atom. The number of carbonyl (C=O) groups excluding carboxylic acids is 1. The van der Waals surface area contributed by atoms with Gasteiger partial charge < -0.3 is 15.7 Å². The number of rotatable bonds is 6. The van der Waals surface area contributed by atoms with Crippen LogP contribution >= 0.6 is 11.3 Å². The first-order valence-corrected chi connectivity index (χ1v) is 6.99. The molecule has 0 aliphatic carbocycles. The fraction of sp³-hybridized carbons (Fsp3) is 0.615. The summed E-state index contributed by atoms with van der Waals surface area (Å²) in [6.07, 6.45) is 0.314. The Bertz CT molecular complexity index is 361. The first kappa shape index (κ1) is 15.0. The summed E-state index contributed by atoms with van der Waals surface area (Å²) in [6.45, 7) is 6.92. The van der Waals surface area contributed by atoms with Crippen LogP contribution in [0, 0.1) is 5.41 Å². The van der Waals surface area contributed by atoms with E-state index in [1.807, 2.05) is 31.4 Å². The van der Waals surface area contributed by atoms with Crippen LogP contribution in [0.3, 0.4) is 0 Å². The van der Waals surface area contributed by atoms with Crippen LogP contribution < -0.4 is 10.6 Å². The van der Waals surface area contributed by atoms with Crippen molar-refractivity contribution in [1.82, 2.24) is 10.6 Å². The maximum Gasteiger partial charge on any atom is 0.315 e. The molecule has 18 heavy (non-hydrogen) atoms. The van der Waals surface area contributed by atoms with Gasteiger partial charge in [-0.1, -0.05) is 19.9 Å². The summed E-state index contributed by atoms with van der Waals surface area (Å²) in [4.78, 5) is 12.7. The van der Waals surface area contributed by atoms with Gasteiger partial charge in [0, 0.05) is 11.4 Å². The van der Waals surface area contributed by atoms with Gasteiger partial charge in [-0.3, -0.25) is 0 Å². The Hall–Kier alpha value is -1.07. The highest BCUT2D eigenvalue weighted by molar-refractivity contribution is 7.09. The molecule has 0 bridgehead atoms. The number of urea groups is 1. The van der Waals surface area contributed by atoms with Crippen LogP contribution in [0.4, 0.5) is 4.79 Å². The van der Waals surface area contributed by atoms with E-state index in [9.17, 15) is 9.90 Å². The van der Waals surface area contributed by atoms with Gasteiger partial charge in [-0.05, 0) is 30.2 Å². The average Bonchev–Trinajstić information content (AvgIpc) is 2.74. The zero-order valence-electron chi connectivity index (χ0n) is 11.2. The Morgan fingerprint density at radius 3 is 2.78 bits per heavy atom. The molecule has 1 aromatic heterocycles. The van der Waals surface area contributed by atoms with Crippen LogP contribution in [0.1, 0.15) is 32.1 Å². The van der Waals surface area contributed by atoms with Gasteiger partial charge in [0.15, 0.2) is 0 Å². The van der Waals surface area contributed by atoms with E-state index in [-0.39, 0.29) is 17.6 Å². The van der Waals surface area contributed by atoms with Crippen molar-refractivity contribution < 1.29 is 9.90 Å². The molecule has 5 heteroatoms. The summed E-state index contributed by atoms with van der Waals surface area (Å²) >= 11 is 1.62. The largest absolute Gasteiger partial charge is 0.393 e. The molecule has 0 aliphatic rings. The lowest BCUT2D eigenvalue weighted by Gasteiger charge is -2.26. The van der Waals surface area contributed by atoms with Gasteiger partial charge in [-0.2, -0.15) is 0 Å². The topological polar surface area (TPSA) is 61.4 Å². The maximum atomic E-state index is 11.6. The lowest BCUT2D eigenvalue weighted by molar-refractivity contribution is 0.129. The first-order valence-electron chi connectivity index (χ1n) is 6.11. The van der Waals surface area contributed by atoms with Crippen molar-refractivity contribution in [2.45, 2.75) is 39.8 Å². The molecule has 0 fully saturated rings. The van der Waals surface area contributed by atoms with E-state index < -0.39 is 0 Å². The minimum absolute atomic E-state index is 0.103. The van der Waals surface area contributed by atoms with Crippen molar-refractivity contribution in [2.75, 3.05) is 6.54 Å². The van der Waals surface area contributed by atoms with E-state index in [0.29, 0.717) is 19.5 Å². The first-order chi connectivity index (χ1) is 8.39. The van der Waals surface area contributed by atoms with Gasteiger partial charge in [0.05, 0.1) is 12.6 Å². The van der Waals surface area contributed by atoms with Crippen LogP contribution in [0.15, 0.2) is 17.5 Å². The molecular formula is C13H22N2O2S. The molecule has 1 heterocycles. The molecule has 1 rings (SSSR count). The number of thiophene rings is 1. The summed E-state index contributed by atoms with van der Waals surface area (Å²) in [5.41, 5.74) is -0.103. The Morgan fingerprint density at radius 2 is 2.22 bits per heavy atom. The van der Waals surface area contributed by atoms with E-state index in [1.54, 1.807) is 18.3 Å².